The molecule has 1 fully saturated rings. The Labute approximate surface area is 204 Å². The molecule has 2 heteroatoms. The van der Waals surface area contributed by atoms with E-state index in [4.69, 9.17) is 0 Å². The second-order valence-electron chi connectivity index (χ2n) is 10.3. The Morgan fingerprint density at radius 3 is 2.00 bits per heavy atom. The van der Waals surface area contributed by atoms with Gasteiger partial charge in [0.2, 0.25) is 0 Å². The number of hydrogen-bond acceptors (Lipinski definition) is 0. The SMILES string of the molecule is CCCc1c(F)cc(-c2ccc(CCC3CCC(C[C@@H](C)c4ccccc4)CC3)cc2)cc1F. The van der Waals surface area contributed by atoms with Gasteiger partial charge in [0.15, 0.2) is 0 Å². The summed E-state index contributed by atoms with van der Waals surface area (Å²) in [6.45, 7) is 4.30. The van der Waals surface area contributed by atoms with E-state index < -0.39 is 11.6 Å². The molecule has 0 radical (unpaired) electrons. The minimum Gasteiger partial charge on any atom is -0.207 e. The molecule has 3 aromatic rings. The lowest BCUT2D eigenvalue weighted by atomic mass is 9.75. The Morgan fingerprint density at radius 2 is 1.38 bits per heavy atom. The van der Waals surface area contributed by atoms with Crippen molar-refractivity contribution >= 4 is 0 Å². The topological polar surface area (TPSA) is 0 Å². The van der Waals surface area contributed by atoms with Gasteiger partial charge in [-0.2, -0.15) is 0 Å². The number of benzene rings is 3. The van der Waals surface area contributed by atoms with Crippen LogP contribution in [-0.2, 0) is 12.8 Å². The van der Waals surface area contributed by atoms with Gasteiger partial charge >= 0.3 is 0 Å². The van der Waals surface area contributed by atoms with Gasteiger partial charge in [-0.05, 0) is 77.8 Å². The van der Waals surface area contributed by atoms with Gasteiger partial charge in [0.1, 0.15) is 11.6 Å². The molecule has 0 unspecified atom stereocenters. The van der Waals surface area contributed by atoms with Crippen molar-refractivity contribution in [1.82, 2.24) is 0 Å². The van der Waals surface area contributed by atoms with Gasteiger partial charge < -0.3 is 0 Å². The van der Waals surface area contributed by atoms with Crippen molar-refractivity contribution in [2.75, 3.05) is 0 Å². The standard InChI is InChI=1S/C32H38F2/c1-3-7-30-31(33)21-29(22-32(30)34)28-18-16-25(17-19-28)11-10-24-12-14-26(15-13-24)20-23(2)27-8-5-4-6-9-27/h4-6,8-9,16-19,21-24,26H,3,7,10-15,20H2,1-2H3/t23-,24?,26?/m1/s1. The summed E-state index contributed by atoms with van der Waals surface area (Å²) in [5, 5.41) is 0. The Kier molecular flexibility index (Phi) is 8.53. The second-order valence-corrected chi connectivity index (χ2v) is 10.3. The number of hydrogen-bond donors (Lipinski definition) is 0. The minimum atomic E-state index is -0.435. The Morgan fingerprint density at radius 1 is 0.765 bits per heavy atom. The smallest absolute Gasteiger partial charge is 0.129 e. The summed E-state index contributed by atoms with van der Waals surface area (Å²) in [6, 6.07) is 22.1. The van der Waals surface area contributed by atoms with Crippen LogP contribution >= 0.6 is 0 Å². The van der Waals surface area contributed by atoms with Crippen LogP contribution in [0.15, 0.2) is 66.7 Å². The molecule has 0 saturated heterocycles. The summed E-state index contributed by atoms with van der Waals surface area (Å²) in [4.78, 5) is 0. The third-order valence-electron chi connectivity index (χ3n) is 7.79. The lowest BCUT2D eigenvalue weighted by molar-refractivity contribution is 0.245. The first-order chi connectivity index (χ1) is 16.5. The van der Waals surface area contributed by atoms with Crippen molar-refractivity contribution in [1.29, 1.82) is 0 Å². The fraction of sp³-hybridized carbons (Fsp3) is 0.438. The first kappa shape index (κ1) is 24.6. The molecule has 1 atom stereocenters. The van der Waals surface area contributed by atoms with E-state index in [1.165, 1.54) is 61.8 Å². The van der Waals surface area contributed by atoms with Crippen LogP contribution in [0, 0.1) is 23.5 Å². The zero-order chi connectivity index (χ0) is 23.9. The average Bonchev–Trinajstić information content (AvgIpc) is 2.86. The van der Waals surface area contributed by atoms with Crippen LogP contribution < -0.4 is 0 Å². The van der Waals surface area contributed by atoms with Crippen molar-refractivity contribution in [2.45, 2.75) is 77.6 Å². The Bertz CT molecular complexity index is 1010. The fourth-order valence-electron chi connectivity index (χ4n) is 5.67. The summed E-state index contributed by atoms with van der Waals surface area (Å²) in [5.74, 6) is 1.45. The quantitative estimate of drug-likeness (QED) is 0.298. The van der Waals surface area contributed by atoms with E-state index >= 15 is 0 Å². The molecule has 4 rings (SSSR count). The summed E-state index contributed by atoms with van der Waals surface area (Å²) in [5.41, 5.74) is 4.47. The predicted octanol–water partition coefficient (Wildman–Crippen LogP) is 9.52. The Hall–Kier alpha value is -2.48. The number of rotatable bonds is 9. The Balaban J connectivity index is 1.25. The average molecular weight is 461 g/mol. The predicted molar refractivity (Wildman–Crippen MR) is 139 cm³/mol. The minimum absolute atomic E-state index is 0.201. The normalized spacial score (nSPS) is 19.2. The molecule has 0 amide bonds. The largest absolute Gasteiger partial charge is 0.207 e. The molecule has 0 nitrogen and oxygen atoms in total. The summed E-state index contributed by atoms with van der Waals surface area (Å²) in [6.07, 6.45) is 10.2. The van der Waals surface area contributed by atoms with Gasteiger partial charge in [0.05, 0.1) is 0 Å². The molecular formula is C32H38F2. The maximum absolute atomic E-state index is 14.3. The molecule has 1 aliphatic carbocycles. The first-order valence-corrected chi connectivity index (χ1v) is 13.2. The highest BCUT2D eigenvalue weighted by atomic mass is 19.1. The van der Waals surface area contributed by atoms with Gasteiger partial charge in [-0.25, -0.2) is 8.78 Å². The van der Waals surface area contributed by atoms with E-state index in [9.17, 15) is 8.78 Å². The molecule has 1 aliphatic rings. The highest BCUT2D eigenvalue weighted by Crippen LogP contribution is 2.37. The molecule has 0 N–H and O–H groups in total. The number of halogens is 2. The molecule has 3 aromatic carbocycles. The van der Waals surface area contributed by atoms with Gasteiger partial charge in [0, 0.05) is 5.56 Å². The molecule has 0 aliphatic heterocycles. The molecule has 0 spiro atoms. The fourth-order valence-corrected chi connectivity index (χ4v) is 5.67. The first-order valence-electron chi connectivity index (χ1n) is 13.2. The van der Waals surface area contributed by atoms with E-state index in [-0.39, 0.29) is 5.56 Å². The van der Waals surface area contributed by atoms with Crippen LogP contribution in [0.2, 0.25) is 0 Å². The second kappa shape index (κ2) is 11.8. The van der Waals surface area contributed by atoms with Gasteiger partial charge in [0.25, 0.3) is 0 Å². The van der Waals surface area contributed by atoms with Crippen LogP contribution in [-0.4, -0.2) is 0 Å². The molecule has 0 aromatic heterocycles. The molecule has 180 valence electrons. The van der Waals surface area contributed by atoms with Crippen molar-refractivity contribution in [3.05, 3.63) is 95.1 Å². The van der Waals surface area contributed by atoms with E-state index in [0.717, 1.165) is 30.2 Å². The maximum atomic E-state index is 14.3. The molecule has 0 heterocycles. The lowest BCUT2D eigenvalue weighted by Crippen LogP contribution is -2.16. The van der Waals surface area contributed by atoms with Crippen molar-refractivity contribution in [3.63, 3.8) is 0 Å². The van der Waals surface area contributed by atoms with Crippen molar-refractivity contribution in [3.8, 4) is 11.1 Å². The van der Waals surface area contributed by atoms with E-state index in [2.05, 4.69) is 49.4 Å². The zero-order valence-corrected chi connectivity index (χ0v) is 20.7. The summed E-state index contributed by atoms with van der Waals surface area (Å²) < 4.78 is 28.7. The summed E-state index contributed by atoms with van der Waals surface area (Å²) in [7, 11) is 0. The van der Waals surface area contributed by atoms with Gasteiger partial charge in [-0.15, -0.1) is 0 Å². The van der Waals surface area contributed by atoms with Crippen LogP contribution in [0.25, 0.3) is 11.1 Å². The van der Waals surface area contributed by atoms with Crippen molar-refractivity contribution < 1.29 is 8.78 Å². The molecular weight excluding hydrogens is 422 g/mol. The highest BCUT2D eigenvalue weighted by Gasteiger charge is 2.23. The maximum Gasteiger partial charge on any atom is 0.129 e. The monoisotopic (exact) mass is 460 g/mol. The third-order valence-corrected chi connectivity index (χ3v) is 7.79. The van der Waals surface area contributed by atoms with Gasteiger partial charge in [-0.3, -0.25) is 0 Å². The van der Waals surface area contributed by atoms with E-state index in [1.54, 1.807) is 0 Å². The van der Waals surface area contributed by atoms with Crippen molar-refractivity contribution in [2.24, 2.45) is 11.8 Å². The van der Waals surface area contributed by atoms with Crippen LogP contribution in [0.1, 0.15) is 81.4 Å². The summed E-state index contributed by atoms with van der Waals surface area (Å²) >= 11 is 0. The third kappa shape index (κ3) is 6.34. The number of aryl methyl sites for hydroxylation is 1. The van der Waals surface area contributed by atoms with E-state index in [0.29, 0.717) is 17.9 Å². The zero-order valence-electron chi connectivity index (χ0n) is 20.7. The van der Waals surface area contributed by atoms with Crippen LogP contribution in [0.3, 0.4) is 0 Å². The van der Waals surface area contributed by atoms with Crippen LogP contribution in [0.5, 0.6) is 0 Å². The van der Waals surface area contributed by atoms with Crippen LogP contribution in [0.4, 0.5) is 8.78 Å². The van der Waals surface area contributed by atoms with Gasteiger partial charge in [-0.1, -0.05) is 101 Å². The lowest BCUT2D eigenvalue weighted by Gasteiger charge is -2.30. The molecule has 0 bridgehead atoms. The van der Waals surface area contributed by atoms with E-state index in [1.807, 2.05) is 19.1 Å². The molecule has 1 saturated carbocycles. The highest BCUT2D eigenvalue weighted by molar-refractivity contribution is 5.64. The molecule has 34 heavy (non-hydrogen) atoms.